The fourth-order valence-electron chi connectivity index (χ4n) is 3.31. The lowest BCUT2D eigenvalue weighted by atomic mass is 10.0. The summed E-state index contributed by atoms with van der Waals surface area (Å²) in [4.78, 5) is 40.4. The highest BCUT2D eigenvalue weighted by molar-refractivity contribution is 7.98. The zero-order valence-corrected chi connectivity index (χ0v) is 21.4. The minimum atomic E-state index is -1.07. The Kier molecular flexibility index (Phi) is 10.7. The Bertz CT molecular complexity index is 1020. The Balaban J connectivity index is 2.31. The number of thioether (sulfide) groups is 1. The van der Waals surface area contributed by atoms with Gasteiger partial charge in [-0.25, -0.2) is 4.79 Å². The molecule has 0 aromatic heterocycles. The van der Waals surface area contributed by atoms with Gasteiger partial charge in [0.1, 0.15) is 17.7 Å². The molecular weight excluding hydrogens is 462 g/mol. The summed E-state index contributed by atoms with van der Waals surface area (Å²) in [6.45, 7) is 5.49. The normalized spacial score (nSPS) is 12.5. The molecule has 0 aliphatic carbocycles. The first-order valence-electron chi connectivity index (χ1n) is 11.3. The number of amides is 3. The molecule has 0 bridgehead atoms. The van der Waals surface area contributed by atoms with E-state index in [2.05, 4.69) is 16.7 Å². The predicted octanol–water partition coefficient (Wildman–Crippen LogP) is 4.11. The maximum Gasteiger partial charge on any atom is 0.408 e. The van der Waals surface area contributed by atoms with Gasteiger partial charge in [0.15, 0.2) is 0 Å². The summed E-state index contributed by atoms with van der Waals surface area (Å²) in [5.41, 5.74) is 0.744. The molecule has 2 aromatic rings. The summed E-state index contributed by atoms with van der Waals surface area (Å²) in [5.74, 6) is -0.385. The zero-order valence-electron chi connectivity index (χ0n) is 20.6. The van der Waals surface area contributed by atoms with Gasteiger partial charge < -0.3 is 15.4 Å². The third kappa shape index (κ3) is 9.02. The molecule has 35 heavy (non-hydrogen) atoms. The van der Waals surface area contributed by atoms with E-state index < -0.39 is 35.6 Å². The molecule has 7 nitrogen and oxygen atoms in total. The van der Waals surface area contributed by atoms with Crippen molar-refractivity contribution in [3.8, 4) is 12.5 Å². The van der Waals surface area contributed by atoms with E-state index in [-0.39, 0.29) is 6.54 Å². The van der Waals surface area contributed by atoms with E-state index in [0.717, 1.165) is 10.5 Å². The molecule has 0 fully saturated rings. The van der Waals surface area contributed by atoms with Crippen molar-refractivity contribution in [1.82, 2.24) is 15.5 Å². The van der Waals surface area contributed by atoms with Crippen LogP contribution in [0.1, 0.15) is 44.4 Å². The standard InChI is InChI=1S/C27H33N3O4S/c1-6-30(25(32)22(17-18-35-5)29-26(33)34-27(2,3)4)23(21-15-11-8-12-16-21)24(31)28-19-20-13-9-7-10-14-20/h1,7-16,22-23H,17-19H2,2-5H3,(H,28,31)(H,29,33). The van der Waals surface area contributed by atoms with Crippen LogP contribution in [0.4, 0.5) is 4.79 Å². The van der Waals surface area contributed by atoms with Crippen LogP contribution in [-0.4, -0.2) is 46.5 Å². The van der Waals surface area contributed by atoms with E-state index in [1.807, 2.05) is 42.7 Å². The topological polar surface area (TPSA) is 87.7 Å². The van der Waals surface area contributed by atoms with Gasteiger partial charge in [-0.2, -0.15) is 11.8 Å². The molecule has 2 rings (SSSR count). The van der Waals surface area contributed by atoms with Gasteiger partial charge in [-0.05, 0) is 50.3 Å². The van der Waals surface area contributed by atoms with Crippen LogP contribution >= 0.6 is 11.8 Å². The highest BCUT2D eigenvalue weighted by atomic mass is 32.2. The van der Waals surface area contributed by atoms with Gasteiger partial charge in [-0.15, -0.1) is 0 Å². The molecule has 0 radical (unpaired) electrons. The molecule has 0 aliphatic rings. The monoisotopic (exact) mass is 495 g/mol. The molecule has 186 valence electrons. The van der Waals surface area contributed by atoms with Crippen molar-refractivity contribution >= 4 is 29.7 Å². The maximum atomic E-state index is 13.6. The molecule has 0 aliphatic heterocycles. The summed E-state index contributed by atoms with van der Waals surface area (Å²) >= 11 is 1.53. The molecule has 0 saturated heterocycles. The van der Waals surface area contributed by atoms with Crippen LogP contribution in [0, 0.1) is 12.5 Å². The molecular formula is C27H33N3O4S. The Hall–Kier alpha value is -3.44. The van der Waals surface area contributed by atoms with Gasteiger partial charge in [0.25, 0.3) is 5.91 Å². The quantitative estimate of drug-likeness (QED) is 0.383. The van der Waals surface area contributed by atoms with Crippen molar-refractivity contribution < 1.29 is 19.1 Å². The number of nitrogens with zero attached hydrogens (tertiary/aromatic N) is 1. The molecule has 8 heteroatoms. The molecule has 2 aromatic carbocycles. The van der Waals surface area contributed by atoms with Crippen LogP contribution in [0.5, 0.6) is 0 Å². The lowest BCUT2D eigenvalue weighted by Crippen LogP contribution is -2.51. The highest BCUT2D eigenvalue weighted by Gasteiger charge is 2.35. The Morgan fingerprint density at radius 2 is 1.66 bits per heavy atom. The zero-order chi connectivity index (χ0) is 25.8. The Morgan fingerprint density at radius 1 is 1.06 bits per heavy atom. The SMILES string of the molecule is C#CN(C(=O)C(CCSC)NC(=O)OC(C)(C)C)C(C(=O)NCc1ccccc1)c1ccccc1. The Labute approximate surface area is 212 Å². The number of hydrogen-bond acceptors (Lipinski definition) is 5. The summed E-state index contributed by atoms with van der Waals surface area (Å²) in [6, 6.07) is 18.6. The van der Waals surface area contributed by atoms with Crippen LogP contribution in [-0.2, 0) is 20.9 Å². The third-order valence-electron chi connectivity index (χ3n) is 4.91. The lowest BCUT2D eigenvalue weighted by molar-refractivity contribution is -0.138. The predicted molar refractivity (Wildman–Crippen MR) is 139 cm³/mol. The second-order valence-electron chi connectivity index (χ2n) is 8.83. The van der Waals surface area contributed by atoms with Gasteiger partial charge in [-0.1, -0.05) is 67.1 Å². The van der Waals surface area contributed by atoms with Crippen molar-refractivity contribution in [2.45, 2.75) is 51.4 Å². The third-order valence-corrected chi connectivity index (χ3v) is 5.55. The van der Waals surface area contributed by atoms with E-state index in [1.54, 1.807) is 45.0 Å². The summed E-state index contributed by atoms with van der Waals surface area (Å²) in [7, 11) is 0. The summed E-state index contributed by atoms with van der Waals surface area (Å²) < 4.78 is 5.33. The average Bonchev–Trinajstić information content (AvgIpc) is 2.83. The second-order valence-corrected chi connectivity index (χ2v) is 9.82. The van der Waals surface area contributed by atoms with Crippen LogP contribution in [0.2, 0.25) is 0 Å². The van der Waals surface area contributed by atoms with Crippen LogP contribution in [0.25, 0.3) is 0 Å². The van der Waals surface area contributed by atoms with E-state index in [4.69, 9.17) is 11.2 Å². The number of rotatable bonds is 10. The number of carbonyl (C=O) groups is 3. The van der Waals surface area contributed by atoms with Gasteiger partial charge in [-0.3, -0.25) is 14.5 Å². The first-order chi connectivity index (χ1) is 16.7. The van der Waals surface area contributed by atoms with Crippen molar-refractivity contribution in [2.24, 2.45) is 0 Å². The smallest absolute Gasteiger partial charge is 0.408 e. The number of ether oxygens (including phenoxy) is 1. The molecule has 0 saturated carbocycles. The van der Waals surface area contributed by atoms with Crippen molar-refractivity contribution in [3.05, 3.63) is 71.8 Å². The largest absolute Gasteiger partial charge is 0.444 e. The number of carbonyl (C=O) groups excluding carboxylic acids is 3. The number of benzene rings is 2. The summed E-state index contributed by atoms with van der Waals surface area (Å²) in [6.07, 6.45) is 7.28. The van der Waals surface area contributed by atoms with E-state index in [9.17, 15) is 14.4 Å². The first kappa shape index (κ1) is 27.8. The molecule has 2 unspecified atom stereocenters. The molecule has 3 amide bonds. The van der Waals surface area contributed by atoms with E-state index in [1.165, 1.54) is 11.8 Å². The Morgan fingerprint density at radius 3 is 2.20 bits per heavy atom. The maximum absolute atomic E-state index is 13.6. The van der Waals surface area contributed by atoms with Gasteiger partial charge >= 0.3 is 6.09 Å². The number of alkyl carbamates (subject to hydrolysis) is 1. The fraction of sp³-hybridized carbons (Fsp3) is 0.370. The van der Waals surface area contributed by atoms with E-state index >= 15 is 0 Å². The first-order valence-corrected chi connectivity index (χ1v) is 12.7. The lowest BCUT2D eigenvalue weighted by Gasteiger charge is -2.30. The van der Waals surface area contributed by atoms with Crippen LogP contribution in [0.3, 0.4) is 0 Å². The molecule has 2 N–H and O–H groups in total. The van der Waals surface area contributed by atoms with Crippen LogP contribution < -0.4 is 10.6 Å². The van der Waals surface area contributed by atoms with Gasteiger partial charge in [0, 0.05) is 12.6 Å². The number of nitrogens with one attached hydrogen (secondary N) is 2. The number of terminal acetylenes is 1. The van der Waals surface area contributed by atoms with Crippen LogP contribution in [0.15, 0.2) is 60.7 Å². The molecule has 0 heterocycles. The van der Waals surface area contributed by atoms with E-state index in [0.29, 0.717) is 17.7 Å². The molecule has 0 spiro atoms. The highest BCUT2D eigenvalue weighted by Crippen LogP contribution is 2.23. The summed E-state index contributed by atoms with van der Waals surface area (Å²) in [5, 5.41) is 5.51. The van der Waals surface area contributed by atoms with Crippen molar-refractivity contribution in [1.29, 1.82) is 0 Å². The van der Waals surface area contributed by atoms with Gasteiger partial charge in [0.2, 0.25) is 5.91 Å². The molecule has 2 atom stereocenters. The average molecular weight is 496 g/mol. The fourth-order valence-corrected chi connectivity index (χ4v) is 3.78. The second kappa shape index (κ2) is 13.4. The van der Waals surface area contributed by atoms with Gasteiger partial charge in [0.05, 0.1) is 0 Å². The van der Waals surface area contributed by atoms with Crippen molar-refractivity contribution in [3.63, 3.8) is 0 Å². The van der Waals surface area contributed by atoms with Crippen molar-refractivity contribution in [2.75, 3.05) is 12.0 Å². The number of hydrogen-bond donors (Lipinski definition) is 2. The minimum absolute atomic E-state index is 0.279. The minimum Gasteiger partial charge on any atom is -0.444 e.